The Balaban J connectivity index is 1.64. The van der Waals surface area contributed by atoms with E-state index < -0.39 is 0 Å². The van der Waals surface area contributed by atoms with E-state index in [1.54, 1.807) is 18.0 Å². The van der Waals surface area contributed by atoms with Gasteiger partial charge in [-0.3, -0.25) is 4.79 Å². The number of thioether (sulfide) groups is 1. The van der Waals surface area contributed by atoms with E-state index in [9.17, 15) is 4.79 Å². The summed E-state index contributed by atoms with van der Waals surface area (Å²) in [5.41, 5.74) is 8.12. The topological polar surface area (TPSA) is 46.4 Å². The molecule has 0 saturated carbocycles. The molecular formula is C23H24BrN3OS. The third-order valence-corrected chi connectivity index (χ3v) is 6.71. The number of nitrogens with zero attached hydrogens (tertiary/aromatic N) is 2. The van der Waals surface area contributed by atoms with Gasteiger partial charge in [0, 0.05) is 44.2 Å². The highest BCUT2D eigenvalue weighted by atomic mass is 79.9. The quantitative estimate of drug-likeness (QED) is 0.270. The van der Waals surface area contributed by atoms with Crippen LogP contribution >= 0.6 is 27.7 Å². The molecule has 0 atom stereocenters. The van der Waals surface area contributed by atoms with Crippen LogP contribution in [0, 0.1) is 20.8 Å². The maximum absolute atomic E-state index is 12.1. The lowest BCUT2D eigenvalue weighted by Crippen LogP contribution is -2.17. The highest BCUT2D eigenvalue weighted by Gasteiger charge is 2.16. The van der Waals surface area contributed by atoms with Gasteiger partial charge in [0.2, 0.25) is 5.91 Å². The van der Waals surface area contributed by atoms with Gasteiger partial charge in [-0.1, -0.05) is 36.4 Å². The summed E-state index contributed by atoms with van der Waals surface area (Å²) in [6.07, 6.45) is 2.13. The first-order chi connectivity index (χ1) is 14.0. The Kier molecular flexibility index (Phi) is 7.34. The first-order valence-corrected chi connectivity index (χ1v) is 11.2. The molecule has 0 saturated heterocycles. The number of rotatable bonds is 7. The fourth-order valence-corrected chi connectivity index (χ4v) is 4.59. The zero-order valence-corrected chi connectivity index (χ0v) is 19.2. The van der Waals surface area contributed by atoms with Gasteiger partial charge in [-0.25, -0.2) is 5.43 Å². The molecule has 0 aliphatic rings. The minimum absolute atomic E-state index is 0.0893. The summed E-state index contributed by atoms with van der Waals surface area (Å²) in [6, 6.07) is 18.4. The van der Waals surface area contributed by atoms with Crippen LogP contribution in [0.3, 0.4) is 0 Å². The minimum Gasteiger partial charge on any atom is -0.316 e. The minimum atomic E-state index is -0.0893. The van der Waals surface area contributed by atoms with Gasteiger partial charge in [0.1, 0.15) is 0 Å². The molecule has 150 valence electrons. The van der Waals surface area contributed by atoms with E-state index in [1.807, 2.05) is 42.5 Å². The molecule has 6 heteroatoms. The number of para-hydroxylation sites is 1. The van der Waals surface area contributed by atoms with Crippen molar-refractivity contribution in [2.45, 2.75) is 32.1 Å². The van der Waals surface area contributed by atoms with Crippen molar-refractivity contribution in [2.75, 3.05) is 5.75 Å². The van der Waals surface area contributed by atoms with Crippen molar-refractivity contribution < 1.29 is 4.79 Å². The van der Waals surface area contributed by atoms with E-state index in [-0.39, 0.29) is 5.91 Å². The lowest BCUT2D eigenvalue weighted by atomic mass is 10.2. The van der Waals surface area contributed by atoms with Crippen molar-refractivity contribution in [3.63, 3.8) is 0 Å². The summed E-state index contributed by atoms with van der Waals surface area (Å²) in [7, 11) is 0. The Labute approximate surface area is 184 Å². The van der Waals surface area contributed by atoms with Gasteiger partial charge >= 0.3 is 0 Å². The number of halogens is 1. The van der Waals surface area contributed by atoms with Crippen molar-refractivity contribution in [1.29, 1.82) is 0 Å². The average molecular weight is 470 g/mol. The molecule has 0 unspecified atom stereocenters. The van der Waals surface area contributed by atoms with E-state index >= 15 is 0 Å². The van der Waals surface area contributed by atoms with E-state index in [0.29, 0.717) is 6.42 Å². The lowest BCUT2D eigenvalue weighted by Gasteiger charge is -2.12. The second-order valence-electron chi connectivity index (χ2n) is 6.73. The monoisotopic (exact) mass is 469 g/mol. The third-order valence-electron chi connectivity index (χ3n) is 4.70. The van der Waals surface area contributed by atoms with Crippen LogP contribution in [-0.2, 0) is 4.79 Å². The van der Waals surface area contributed by atoms with Crippen LogP contribution in [0.5, 0.6) is 0 Å². The van der Waals surface area contributed by atoms with E-state index in [0.717, 1.165) is 37.8 Å². The second kappa shape index (κ2) is 9.94. The lowest BCUT2D eigenvalue weighted by molar-refractivity contribution is -0.120. The fraction of sp³-hybridized carbons (Fsp3) is 0.217. The Morgan fingerprint density at radius 1 is 1.07 bits per heavy atom. The molecule has 1 aromatic heterocycles. The summed E-state index contributed by atoms with van der Waals surface area (Å²) in [5.74, 6) is 0.630. The number of carbonyl (C=O) groups is 1. The SMILES string of the molecule is Cc1ccccc1-n1c(C)c(Br)c(/C=N\NC(=O)CCSc2ccccc2)c1C. The van der Waals surface area contributed by atoms with Crippen LogP contribution in [0.2, 0.25) is 0 Å². The largest absolute Gasteiger partial charge is 0.316 e. The van der Waals surface area contributed by atoms with Crippen LogP contribution in [0.15, 0.2) is 69.1 Å². The molecule has 0 radical (unpaired) electrons. The van der Waals surface area contributed by atoms with Gasteiger partial charge in [-0.2, -0.15) is 5.10 Å². The molecule has 0 spiro atoms. The predicted molar refractivity (Wildman–Crippen MR) is 125 cm³/mol. The average Bonchev–Trinajstić information content (AvgIpc) is 2.92. The normalized spacial score (nSPS) is 11.2. The summed E-state index contributed by atoms with van der Waals surface area (Å²) < 4.78 is 3.19. The number of nitrogens with one attached hydrogen (secondary N) is 1. The summed E-state index contributed by atoms with van der Waals surface area (Å²) in [5, 5.41) is 4.18. The zero-order valence-electron chi connectivity index (χ0n) is 16.8. The van der Waals surface area contributed by atoms with Crippen molar-refractivity contribution in [1.82, 2.24) is 9.99 Å². The Morgan fingerprint density at radius 2 is 1.76 bits per heavy atom. The van der Waals surface area contributed by atoms with Gasteiger partial charge in [0.15, 0.2) is 0 Å². The molecular weight excluding hydrogens is 446 g/mol. The zero-order chi connectivity index (χ0) is 20.8. The number of benzene rings is 2. The van der Waals surface area contributed by atoms with Crippen molar-refractivity contribution in [3.8, 4) is 5.69 Å². The smallest absolute Gasteiger partial charge is 0.240 e. The number of hydrogen-bond acceptors (Lipinski definition) is 3. The molecule has 4 nitrogen and oxygen atoms in total. The molecule has 29 heavy (non-hydrogen) atoms. The molecule has 1 N–H and O–H groups in total. The predicted octanol–water partition coefficient (Wildman–Crippen LogP) is 5.80. The Hall–Kier alpha value is -2.31. The highest BCUT2D eigenvalue weighted by molar-refractivity contribution is 9.10. The molecule has 2 aromatic carbocycles. The standard InChI is InChI=1S/C23H24BrN3OS/c1-16-9-7-8-12-21(16)27-17(2)20(23(24)18(27)3)15-25-26-22(28)13-14-29-19-10-5-4-6-11-19/h4-12,15H,13-14H2,1-3H3,(H,26,28)/b25-15-. The fourth-order valence-electron chi connectivity index (χ4n) is 3.15. The van der Waals surface area contributed by atoms with Gasteiger partial charge in [-0.15, -0.1) is 11.8 Å². The van der Waals surface area contributed by atoms with Crippen LogP contribution in [-0.4, -0.2) is 22.4 Å². The molecule has 0 fully saturated rings. The van der Waals surface area contributed by atoms with Crippen LogP contribution in [0.4, 0.5) is 0 Å². The van der Waals surface area contributed by atoms with E-state index in [2.05, 4.69) is 63.9 Å². The molecule has 1 amide bonds. The summed E-state index contributed by atoms with van der Waals surface area (Å²) >= 11 is 5.34. The van der Waals surface area contributed by atoms with E-state index in [4.69, 9.17) is 0 Å². The Bertz CT molecular complexity index is 1030. The van der Waals surface area contributed by atoms with Gasteiger partial charge < -0.3 is 4.57 Å². The van der Waals surface area contributed by atoms with E-state index in [1.165, 1.54) is 5.56 Å². The molecule has 3 aromatic rings. The maximum Gasteiger partial charge on any atom is 0.240 e. The summed E-state index contributed by atoms with van der Waals surface area (Å²) in [4.78, 5) is 13.2. The number of carbonyl (C=O) groups excluding carboxylic acids is 1. The van der Waals surface area contributed by atoms with Gasteiger partial charge in [-0.05, 0) is 60.5 Å². The first-order valence-electron chi connectivity index (χ1n) is 9.42. The number of amides is 1. The molecule has 0 aliphatic carbocycles. The first kappa shape index (κ1) is 21.4. The highest BCUT2D eigenvalue weighted by Crippen LogP contribution is 2.30. The molecule has 1 heterocycles. The second-order valence-corrected chi connectivity index (χ2v) is 8.69. The number of aryl methyl sites for hydroxylation is 1. The molecule has 0 aliphatic heterocycles. The van der Waals surface area contributed by atoms with Crippen LogP contribution in [0.1, 0.15) is 28.9 Å². The number of hydrogen-bond donors (Lipinski definition) is 1. The third kappa shape index (κ3) is 5.19. The maximum atomic E-state index is 12.1. The van der Waals surface area contributed by atoms with Gasteiger partial charge in [0.25, 0.3) is 0 Å². The molecule has 3 rings (SSSR count). The van der Waals surface area contributed by atoms with Crippen LogP contribution < -0.4 is 5.43 Å². The summed E-state index contributed by atoms with van der Waals surface area (Å²) in [6.45, 7) is 6.23. The number of hydrazone groups is 1. The number of aromatic nitrogens is 1. The van der Waals surface area contributed by atoms with Crippen molar-refractivity contribution >= 4 is 39.8 Å². The van der Waals surface area contributed by atoms with Crippen LogP contribution in [0.25, 0.3) is 5.69 Å². The van der Waals surface area contributed by atoms with Gasteiger partial charge in [0.05, 0.1) is 6.21 Å². The molecule has 0 bridgehead atoms. The van der Waals surface area contributed by atoms with Crippen molar-refractivity contribution in [3.05, 3.63) is 81.6 Å². The van der Waals surface area contributed by atoms with Crippen molar-refractivity contribution in [2.24, 2.45) is 5.10 Å². The Morgan fingerprint density at radius 3 is 2.48 bits per heavy atom.